The van der Waals surface area contributed by atoms with Gasteiger partial charge in [-0.3, -0.25) is 9.59 Å². The molecule has 3 rings (SSSR count). The number of amides is 2. The van der Waals surface area contributed by atoms with Crippen LogP contribution in [0.3, 0.4) is 0 Å². The van der Waals surface area contributed by atoms with Crippen molar-refractivity contribution in [2.75, 3.05) is 19.6 Å². The van der Waals surface area contributed by atoms with Gasteiger partial charge < -0.3 is 16.0 Å². The molecule has 2 amide bonds. The van der Waals surface area contributed by atoms with Crippen molar-refractivity contribution in [3.05, 3.63) is 0 Å². The molecule has 5 nitrogen and oxygen atoms in total. The standard InChI is InChI=1S/C22H39N3O2/c1-22(11-13-23-14-12-22)16-24-21(27)18-7-9-19(10-8-18)25-20(26)15-17-5-3-2-4-6-17/h17-19,23H,2-16H2,1H3,(H,24,27)(H,25,26). The van der Waals surface area contributed by atoms with E-state index in [-0.39, 0.29) is 29.2 Å². The molecule has 1 aliphatic heterocycles. The molecule has 2 aliphatic carbocycles. The van der Waals surface area contributed by atoms with E-state index in [0.29, 0.717) is 12.3 Å². The Hall–Kier alpha value is -1.10. The van der Waals surface area contributed by atoms with Crippen LogP contribution in [0.2, 0.25) is 0 Å². The van der Waals surface area contributed by atoms with E-state index in [9.17, 15) is 9.59 Å². The summed E-state index contributed by atoms with van der Waals surface area (Å²) in [5.41, 5.74) is 0.241. The molecule has 0 unspecified atom stereocenters. The van der Waals surface area contributed by atoms with Gasteiger partial charge >= 0.3 is 0 Å². The molecule has 1 saturated heterocycles. The average Bonchev–Trinajstić information content (AvgIpc) is 2.68. The molecule has 3 aliphatic rings. The summed E-state index contributed by atoms with van der Waals surface area (Å²) in [5.74, 6) is 1.18. The number of carbonyl (C=O) groups is 2. The monoisotopic (exact) mass is 377 g/mol. The van der Waals surface area contributed by atoms with Crippen molar-refractivity contribution < 1.29 is 9.59 Å². The Morgan fingerprint density at radius 1 is 0.963 bits per heavy atom. The minimum absolute atomic E-state index is 0.127. The van der Waals surface area contributed by atoms with E-state index in [1.807, 2.05) is 0 Å². The SMILES string of the molecule is CC1(CNC(=O)C2CCC(NC(=O)CC3CCCCC3)CC2)CCNCC1. The highest BCUT2D eigenvalue weighted by atomic mass is 16.2. The van der Waals surface area contributed by atoms with Crippen LogP contribution >= 0.6 is 0 Å². The number of nitrogens with one attached hydrogen (secondary N) is 3. The van der Waals surface area contributed by atoms with Gasteiger partial charge in [0.25, 0.3) is 0 Å². The molecule has 2 saturated carbocycles. The maximum absolute atomic E-state index is 12.6. The first-order chi connectivity index (χ1) is 13.0. The molecule has 0 atom stereocenters. The fraction of sp³-hybridized carbons (Fsp3) is 0.909. The van der Waals surface area contributed by atoms with E-state index in [4.69, 9.17) is 0 Å². The van der Waals surface area contributed by atoms with Gasteiger partial charge in [-0.25, -0.2) is 0 Å². The maximum Gasteiger partial charge on any atom is 0.223 e. The topological polar surface area (TPSA) is 70.2 Å². The van der Waals surface area contributed by atoms with E-state index in [2.05, 4.69) is 22.9 Å². The molecule has 0 radical (unpaired) electrons. The minimum atomic E-state index is 0.127. The summed E-state index contributed by atoms with van der Waals surface area (Å²) in [6.07, 6.45) is 13.0. The van der Waals surface area contributed by atoms with Gasteiger partial charge in [-0.05, 0) is 75.8 Å². The third kappa shape index (κ3) is 6.48. The summed E-state index contributed by atoms with van der Waals surface area (Å²) < 4.78 is 0. The van der Waals surface area contributed by atoms with Crippen LogP contribution in [0, 0.1) is 17.3 Å². The third-order valence-electron chi connectivity index (χ3n) is 7.16. The van der Waals surface area contributed by atoms with Gasteiger partial charge in [0, 0.05) is 24.9 Å². The fourth-order valence-corrected chi connectivity index (χ4v) is 5.09. The Morgan fingerprint density at radius 3 is 2.30 bits per heavy atom. The van der Waals surface area contributed by atoms with Crippen molar-refractivity contribution >= 4 is 11.8 Å². The molecule has 0 aromatic rings. The molecule has 27 heavy (non-hydrogen) atoms. The molecule has 3 N–H and O–H groups in total. The highest BCUT2D eigenvalue weighted by Gasteiger charge is 2.31. The summed E-state index contributed by atoms with van der Waals surface area (Å²) in [5, 5.41) is 9.85. The average molecular weight is 378 g/mol. The summed E-state index contributed by atoms with van der Waals surface area (Å²) in [6, 6.07) is 0.270. The van der Waals surface area contributed by atoms with Gasteiger partial charge in [0.05, 0.1) is 0 Å². The Balaban J connectivity index is 1.33. The number of hydrogen-bond donors (Lipinski definition) is 3. The van der Waals surface area contributed by atoms with Gasteiger partial charge in [-0.1, -0.05) is 26.2 Å². The molecule has 154 valence electrons. The molecule has 3 fully saturated rings. The predicted molar refractivity (Wildman–Crippen MR) is 108 cm³/mol. The summed E-state index contributed by atoms with van der Waals surface area (Å²) in [7, 11) is 0. The highest BCUT2D eigenvalue weighted by molar-refractivity contribution is 5.79. The fourth-order valence-electron chi connectivity index (χ4n) is 5.09. The zero-order valence-corrected chi connectivity index (χ0v) is 17.2. The third-order valence-corrected chi connectivity index (χ3v) is 7.16. The highest BCUT2D eigenvalue weighted by Crippen LogP contribution is 2.29. The van der Waals surface area contributed by atoms with E-state index < -0.39 is 0 Å². The Bertz CT molecular complexity index is 488. The molecule has 0 bridgehead atoms. The molecule has 0 spiro atoms. The van der Waals surface area contributed by atoms with Crippen LogP contribution < -0.4 is 16.0 Å². The number of hydrogen-bond acceptors (Lipinski definition) is 3. The van der Waals surface area contributed by atoms with Gasteiger partial charge in [0.15, 0.2) is 0 Å². The van der Waals surface area contributed by atoms with Crippen LogP contribution in [0.5, 0.6) is 0 Å². The number of rotatable bonds is 6. The van der Waals surface area contributed by atoms with Crippen LogP contribution in [0.15, 0.2) is 0 Å². The van der Waals surface area contributed by atoms with E-state index in [0.717, 1.165) is 58.2 Å². The summed E-state index contributed by atoms with van der Waals surface area (Å²) in [6.45, 7) is 5.19. The first kappa shape index (κ1) is 20.6. The first-order valence-corrected chi connectivity index (χ1v) is 11.3. The Morgan fingerprint density at radius 2 is 1.63 bits per heavy atom. The van der Waals surface area contributed by atoms with Crippen LogP contribution in [0.1, 0.15) is 84.0 Å². The number of piperidine rings is 1. The van der Waals surface area contributed by atoms with Gasteiger partial charge in [-0.2, -0.15) is 0 Å². The summed E-state index contributed by atoms with van der Waals surface area (Å²) >= 11 is 0. The zero-order valence-electron chi connectivity index (χ0n) is 17.2. The van der Waals surface area contributed by atoms with Crippen molar-refractivity contribution in [1.82, 2.24) is 16.0 Å². The lowest BCUT2D eigenvalue weighted by molar-refractivity contribution is -0.126. The molecule has 5 heteroatoms. The van der Waals surface area contributed by atoms with E-state index in [1.54, 1.807) is 0 Å². The Kier molecular flexibility index (Phi) is 7.57. The lowest BCUT2D eigenvalue weighted by Gasteiger charge is -2.35. The van der Waals surface area contributed by atoms with Gasteiger partial charge in [-0.15, -0.1) is 0 Å². The summed E-state index contributed by atoms with van der Waals surface area (Å²) in [4.78, 5) is 24.9. The quantitative estimate of drug-likeness (QED) is 0.666. The van der Waals surface area contributed by atoms with Crippen LogP contribution in [-0.2, 0) is 9.59 Å². The number of carbonyl (C=O) groups excluding carboxylic acids is 2. The normalized spacial score (nSPS) is 29.1. The van der Waals surface area contributed by atoms with Crippen molar-refractivity contribution in [1.29, 1.82) is 0 Å². The smallest absolute Gasteiger partial charge is 0.223 e. The second-order valence-corrected chi connectivity index (χ2v) is 9.60. The second kappa shape index (κ2) is 9.90. The molecular formula is C22H39N3O2. The molecule has 0 aromatic carbocycles. The second-order valence-electron chi connectivity index (χ2n) is 9.60. The molecular weight excluding hydrogens is 338 g/mol. The van der Waals surface area contributed by atoms with Crippen molar-refractivity contribution in [2.45, 2.75) is 90.0 Å². The van der Waals surface area contributed by atoms with E-state index in [1.165, 1.54) is 32.1 Å². The molecule has 0 aromatic heterocycles. The van der Waals surface area contributed by atoms with Crippen LogP contribution in [0.4, 0.5) is 0 Å². The zero-order chi connectivity index (χ0) is 19.1. The first-order valence-electron chi connectivity index (χ1n) is 11.3. The van der Waals surface area contributed by atoms with E-state index >= 15 is 0 Å². The van der Waals surface area contributed by atoms with Crippen molar-refractivity contribution in [3.63, 3.8) is 0 Å². The maximum atomic E-state index is 12.6. The van der Waals surface area contributed by atoms with Crippen LogP contribution in [0.25, 0.3) is 0 Å². The van der Waals surface area contributed by atoms with Gasteiger partial charge in [0.1, 0.15) is 0 Å². The lowest BCUT2D eigenvalue weighted by atomic mass is 9.80. The predicted octanol–water partition coefficient (Wildman–Crippen LogP) is 3.14. The van der Waals surface area contributed by atoms with Crippen molar-refractivity contribution in [2.24, 2.45) is 17.3 Å². The lowest BCUT2D eigenvalue weighted by Crippen LogP contribution is -2.45. The van der Waals surface area contributed by atoms with Crippen LogP contribution in [-0.4, -0.2) is 37.5 Å². The Labute approximate surface area is 164 Å². The minimum Gasteiger partial charge on any atom is -0.355 e. The van der Waals surface area contributed by atoms with Crippen molar-refractivity contribution in [3.8, 4) is 0 Å². The van der Waals surface area contributed by atoms with Gasteiger partial charge in [0.2, 0.25) is 11.8 Å². The largest absolute Gasteiger partial charge is 0.355 e. The molecule has 1 heterocycles.